The maximum Gasteiger partial charge on any atom is 0.169 e. The van der Waals surface area contributed by atoms with E-state index in [2.05, 4.69) is 0 Å². The van der Waals surface area contributed by atoms with Crippen molar-refractivity contribution in [1.82, 2.24) is 0 Å². The van der Waals surface area contributed by atoms with Gasteiger partial charge in [0.15, 0.2) is 11.5 Å². The highest BCUT2D eigenvalue weighted by Crippen LogP contribution is 2.38. The van der Waals surface area contributed by atoms with Crippen LogP contribution in [0.25, 0.3) is 10.8 Å². The molecule has 0 fully saturated rings. The molecule has 0 aliphatic carbocycles. The van der Waals surface area contributed by atoms with Crippen LogP contribution in [0, 0.1) is 0 Å². The van der Waals surface area contributed by atoms with E-state index in [0.29, 0.717) is 5.39 Å². The van der Waals surface area contributed by atoms with E-state index in [-0.39, 0.29) is 22.6 Å². The average Bonchev–Trinajstić information content (AvgIpc) is 2.12. The van der Waals surface area contributed by atoms with Gasteiger partial charge in [0, 0.05) is 0 Å². The maximum absolute atomic E-state index is 9.43. The molecular formula is C10H8O3. The lowest BCUT2D eigenvalue weighted by atomic mass is 10.1. The van der Waals surface area contributed by atoms with Gasteiger partial charge in [-0.15, -0.1) is 0 Å². The Morgan fingerprint density at radius 3 is 2.31 bits per heavy atom. The van der Waals surface area contributed by atoms with E-state index in [1.54, 1.807) is 18.2 Å². The Bertz CT molecular complexity index is 463. The summed E-state index contributed by atoms with van der Waals surface area (Å²) in [5, 5.41) is 29.0. The van der Waals surface area contributed by atoms with Crippen LogP contribution >= 0.6 is 0 Å². The van der Waals surface area contributed by atoms with Gasteiger partial charge in [-0.05, 0) is 17.5 Å². The van der Waals surface area contributed by atoms with Crippen LogP contribution in [0.1, 0.15) is 0 Å². The molecule has 2 aromatic carbocycles. The van der Waals surface area contributed by atoms with Crippen LogP contribution < -0.4 is 0 Å². The first-order chi connectivity index (χ1) is 6.20. The van der Waals surface area contributed by atoms with Crippen molar-refractivity contribution in [3.8, 4) is 17.2 Å². The molecule has 3 nitrogen and oxygen atoms in total. The van der Waals surface area contributed by atoms with Crippen molar-refractivity contribution in [2.45, 2.75) is 0 Å². The zero-order valence-electron chi connectivity index (χ0n) is 6.73. The molecule has 0 atom stereocenters. The number of rotatable bonds is 0. The molecule has 0 radical (unpaired) electrons. The molecule has 0 aliphatic rings. The van der Waals surface area contributed by atoms with Crippen molar-refractivity contribution in [2.75, 3.05) is 0 Å². The van der Waals surface area contributed by atoms with Crippen LogP contribution in [0.3, 0.4) is 0 Å². The maximum atomic E-state index is 9.43. The van der Waals surface area contributed by atoms with Gasteiger partial charge in [-0.1, -0.05) is 18.2 Å². The summed E-state index contributed by atoms with van der Waals surface area (Å²) in [6.07, 6.45) is 0. The summed E-state index contributed by atoms with van der Waals surface area (Å²) < 4.78 is 0. The number of aromatic hydroxyl groups is 3. The van der Waals surface area contributed by atoms with Crippen LogP contribution in [-0.4, -0.2) is 15.3 Å². The molecule has 66 valence electrons. The molecule has 2 rings (SSSR count). The van der Waals surface area contributed by atoms with E-state index >= 15 is 0 Å². The summed E-state index contributed by atoms with van der Waals surface area (Å²) in [7, 11) is 0. The molecule has 0 aliphatic heterocycles. The van der Waals surface area contributed by atoms with Gasteiger partial charge in [-0.2, -0.15) is 0 Å². The number of phenols is 3. The Hall–Kier alpha value is -1.90. The SMILES string of the molecule is Oc1ccc2cccc(O)c2c1O. The molecule has 2 aromatic rings. The summed E-state index contributed by atoms with van der Waals surface area (Å²) in [6.45, 7) is 0. The summed E-state index contributed by atoms with van der Waals surface area (Å²) >= 11 is 0. The highest BCUT2D eigenvalue weighted by atomic mass is 16.3. The van der Waals surface area contributed by atoms with E-state index in [1.165, 1.54) is 12.1 Å². The minimum absolute atomic E-state index is 0.0362. The second-order valence-electron chi connectivity index (χ2n) is 2.81. The van der Waals surface area contributed by atoms with E-state index in [0.717, 1.165) is 0 Å². The fourth-order valence-electron chi connectivity index (χ4n) is 1.33. The number of hydrogen-bond donors (Lipinski definition) is 3. The van der Waals surface area contributed by atoms with E-state index in [4.69, 9.17) is 0 Å². The zero-order valence-corrected chi connectivity index (χ0v) is 6.73. The fraction of sp³-hybridized carbons (Fsp3) is 0. The van der Waals surface area contributed by atoms with Crippen LogP contribution in [0.2, 0.25) is 0 Å². The smallest absolute Gasteiger partial charge is 0.169 e. The summed E-state index contributed by atoms with van der Waals surface area (Å²) in [5.41, 5.74) is 0. The average molecular weight is 176 g/mol. The molecule has 0 heterocycles. The molecule has 0 saturated heterocycles. The third-order valence-corrected chi connectivity index (χ3v) is 1.97. The first kappa shape index (κ1) is 7.73. The zero-order chi connectivity index (χ0) is 9.42. The monoisotopic (exact) mass is 176 g/mol. The van der Waals surface area contributed by atoms with Gasteiger partial charge in [0.05, 0.1) is 5.39 Å². The molecule has 13 heavy (non-hydrogen) atoms. The predicted molar refractivity (Wildman–Crippen MR) is 48.9 cm³/mol. The molecular weight excluding hydrogens is 168 g/mol. The quantitative estimate of drug-likeness (QED) is 0.537. The van der Waals surface area contributed by atoms with Crippen molar-refractivity contribution >= 4 is 10.8 Å². The molecule has 3 N–H and O–H groups in total. The van der Waals surface area contributed by atoms with Gasteiger partial charge in [0.1, 0.15) is 5.75 Å². The third-order valence-electron chi connectivity index (χ3n) is 1.97. The largest absolute Gasteiger partial charge is 0.507 e. The Morgan fingerprint density at radius 1 is 0.769 bits per heavy atom. The number of benzene rings is 2. The van der Waals surface area contributed by atoms with Crippen LogP contribution in [0.4, 0.5) is 0 Å². The Kier molecular flexibility index (Phi) is 1.52. The standard InChI is InChI=1S/C10H8O3/c11-7-3-1-2-6-4-5-8(12)10(13)9(6)7/h1-5,11-13H. The highest BCUT2D eigenvalue weighted by molar-refractivity contribution is 5.95. The van der Waals surface area contributed by atoms with Crippen molar-refractivity contribution in [3.05, 3.63) is 30.3 Å². The number of fused-ring (bicyclic) bond motifs is 1. The minimum atomic E-state index is -0.282. The second kappa shape index (κ2) is 2.55. The second-order valence-corrected chi connectivity index (χ2v) is 2.81. The number of hydrogen-bond acceptors (Lipinski definition) is 3. The van der Waals surface area contributed by atoms with Gasteiger partial charge in [0.2, 0.25) is 0 Å². The Morgan fingerprint density at radius 2 is 1.54 bits per heavy atom. The van der Waals surface area contributed by atoms with E-state index < -0.39 is 0 Å². The Balaban J connectivity index is 2.97. The molecule has 0 amide bonds. The highest BCUT2D eigenvalue weighted by Gasteiger charge is 2.07. The van der Waals surface area contributed by atoms with E-state index in [9.17, 15) is 15.3 Å². The molecule has 0 saturated carbocycles. The molecule has 0 aromatic heterocycles. The molecule has 0 spiro atoms. The Labute approximate surface area is 74.5 Å². The van der Waals surface area contributed by atoms with Gasteiger partial charge in [0.25, 0.3) is 0 Å². The van der Waals surface area contributed by atoms with Crippen molar-refractivity contribution in [2.24, 2.45) is 0 Å². The number of phenolic OH excluding ortho intramolecular Hbond substituents is 3. The van der Waals surface area contributed by atoms with Crippen LogP contribution in [-0.2, 0) is 0 Å². The van der Waals surface area contributed by atoms with Gasteiger partial charge in [-0.25, -0.2) is 0 Å². The lowest BCUT2D eigenvalue weighted by molar-refractivity contribution is 0.405. The lowest BCUT2D eigenvalue weighted by Gasteiger charge is -2.04. The summed E-state index contributed by atoms with van der Waals surface area (Å²) in [4.78, 5) is 0. The fourth-order valence-corrected chi connectivity index (χ4v) is 1.33. The normalized spacial score (nSPS) is 10.5. The molecule has 0 bridgehead atoms. The van der Waals surface area contributed by atoms with E-state index in [1.807, 2.05) is 0 Å². The van der Waals surface area contributed by atoms with Gasteiger partial charge < -0.3 is 15.3 Å². The molecule has 0 unspecified atom stereocenters. The predicted octanol–water partition coefficient (Wildman–Crippen LogP) is 1.96. The third kappa shape index (κ3) is 1.05. The van der Waals surface area contributed by atoms with Crippen LogP contribution in [0.5, 0.6) is 17.2 Å². The van der Waals surface area contributed by atoms with Gasteiger partial charge in [-0.3, -0.25) is 0 Å². The summed E-state index contributed by atoms with van der Waals surface area (Å²) in [5.74, 6) is -0.546. The van der Waals surface area contributed by atoms with Crippen molar-refractivity contribution in [1.29, 1.82) is 0 Å². The van der Waals surface area contributed by atoms with Gasteiger partial charge >= 0.3 is 0 Å². The summed E-state index contributed by atoms with van der Waals surface area (Å²) in [6, 6.07) is 7.89. The van der Waals surface area contributed by atoms with Crippen molar-refractivity contribution < 1.29 is 15.3 Å². The first-order valence-electron chi connectivity index (χ1n) is 3.83. The lowest BCUT2D eigenvalue weighted by Crippen LogP contribution is -1.76. The van der Waals surface area contributed by atoms with Crippen LogP contribution in [0.15, 0.2) is 30.3 Å². The molecule has 3 heteroatoms. The topological polar surface area (TPSA) is 60.7 Å². The minimum Gasteiger partial charge on any atom is -0.507 e. The first-order valence-corrected chi connectivity index (χ1v) is 3.83. The van der Waals surface area contributed by atoms with Crippen molar-refractivity contribution in [3.63, 3.8) is 0 Å².